The van der Waals surface area contributed by atoms with E-state index in [1.54, 1.807) is 6.92 Å². The maximum atomic E-state index is 12.4. The van der Waals surface area contributed by atoms with Crippen LogP contribution >= 0.6 is 0 Å². The van der Waals surface area contributed by atoms with Crippen LogP contribution in [0.4, 0.5) is 0 Å². The molecule has 0 aromatic rings. The molecule has 0 atom stereocenters. The van der Waals surface area contributed by atoms with E-state index in [1.165, 1.54) is 14.2 Å². The number of ether oxygens (including phenoxy) is 2. The van der Waals surface area contributed by atoms with E-state index in [9.17, 15) is 9.59 Å². The molecule has 0 saturated heterocycles. The lowest BCUT2D eigenvalue weighted by Crippen LogP contribution is -2.25. The number of unbranched alkanes of at least 4 members (excludes halogenated alkanes) is 2. The van der Waals surface area contributed by atoms with Gasteiger partial charge in [0.1, 0.15) is 0 Å². The van der Waals surface area contributed by atoms with Gasteiger partial charge in [0.05, 0.1) is 14.2 Å². The predicted octanol–water partition coefficient (Wildman–Crippen LogP) is 2.94. The summed E-state index contributed by atoms with van der Waals surface area (Å²) in [5.74, 6) is 10.9. The second-order valence-electron chi connectivity index (χ2n) is 5.04. The Morgan fingerprint density at radius 2 is 1.48 bits per heavy atom. The van der Waals surface area contributed by atoms with Gasteiger partial charge >= 0.3 is 0 Å². The van der Waals surface area contributed by atoms with Crippen LogP contribution < -0.4 is 0 Å². The molecule has 1 aliphatic rings. The normalized spacial score (nSPS) is 14.1. The smallest absolute Gasteiger partial charge is 0.228 e. The second-order valence-corrected chi connectivity index (χ2v) is 5.04. The third-order valence-electron chi connectivity index (χ3n) is 3.44. The van der Waals surface area contributed by atoms with E-state index in [2.05, 4.69) is 30.6 Å². The van der Waals surface area contributed by atoms with Crippen molar-refractivity contribution >= 4 is 11.6 Å². The molecule has 0 aromatic carbocycles. The van der Waals surface area contributed by atoms with E-state index >= 15 is 0 Å². The Labute approximate surface area is 137 Å². The first-order chi connectivity index (χ1) is 11.1. The maximum absolute atomic E-state index is 12.4. The standard InChI is InChI=1S/C19H22O4/c1-5-6-7-8-9-10-11-12-13-15-14(2)16(20)18(22-3)19(23-4)17(15)21/h5-6,11-13H2,1-4H3. The van der Waals surface area contributed by atoms with Crippen LogP contribution in [0.5, 0.6) is 0 Å². The number of allylic oxidation sites excluding steroid dienone is 2. The average Bonchev–Trinajstić information content (AvgIpc) is 2.55. The van der Waals surface area contributed by atoms with Crippen LogP contribution in [0.15, 0.2) is 22.7 Å². The van der Waals surface area contributed by atoms with E-state index in [-0.39, 0.29) is 23.1 Å². The zero-order valence-electron chi connectivity index (χ0n) is 14.2. The molecule has 4 heteroatoms. The fraction of sp³-hybridized carbons (Fsp3) is 0.474. The molecule has 0 radical (unpaired) electrons. The molecule has 0 saturated carbocycles. The summed E-state index contributed by atoms with van der Waals surface area (Å²) in [4.78, 5) is 24.6. The highest BCUT2D eigenvalue weighted by atomic mass is 16.5. The Hall–Kier alpha value is -2.46. The minimum Gasteiger partial charge on any atom is -0.489 e. The molecule has 0 fully saturated rings. The molecule has 23 heavy (non-hydrogen) atoms. The van der Waals surface area contributed by atoms with Crippen LogP contribution in [0.1, 0.15) is 46.0 Å². The highest BCUT2D eigenvalue weighted by Crippen LogP contribution is 2.28. The molecule has 4 nitrogen and oxygen atoms in total. The van der Waals surface area contributed by atoms with Crippen molar-refractivity contribution in [2.75, 3.05) is 14.2 Å². The Balaban J connectivity index is 2.71. The lowest BCUT2D eigenvalue weighted by Gasteiger charge is -2.20. The number of hydrogen-bond acceptors (Lipinski definition) is 4. The number of Topliss-reactive ketones (excluding diaryl/α,β-unsaturated/α-hetero) is 2. The van der Waals surface area contributed by atoms with Crippen LogP contribution in [0.25, 0.3) is 0 Å². The number of ketones is 2. The lowest BCUT2D eigenvalue weighted by atomic mass is 9.90. The third kappa shape index (κ3) is 4.76. The van der Waals surface area contributed by atoms with Crippen molar-refractivity contribution < 1.29 is 19.1 Å². The summed E-state index contributed by atoms with van der Waals surface area (Å²) in [6, 6.07) is 0. The molecule has 0 unspecified atom stereocenters. The molecule has 0 aliphatic heterocycles. The first-order valence-electron chi connectivity index (χ1n) is 7.65. The molecule has 0 spiro atoms. The highest BCUT2D eigenvalue weighted by molar-refractivity contribution is 6.23. The van der Waals surface area contributed by atoms with Gasteiger partial charge in [0, 0.05) is 24.0 Å². The number of methoxy groups -OCH3 is 2. The Morgan fingerprint density at radius 3 is 2.04 bits per heavy atom. The van der Waals surface area contributed by atoms with Gasteiger partial charge in [-0.15, -0.1) is 0 Å². The molecule has 0 heterocycles. The fourth-order valence-corrected chi connectivity index (χ4v) is 2.18. The minimum atomic E-state index is -0.296. The second kappa shape index (κ2) is 9.54. The van der Waals surface area contributed by atoms with E-state index in [4.69, 9.17) is 9.47 Å². The molecular weight excluding hydrogens is 292 g/mol. The van der Waals surface area contributed by atoms with Gasteiger partial charge in [0.2, 0.25) is 23.1 Å². The molecule has 0 amide bonds. The predicted molar refractivity (Wildman–Crippen MR) is 88.1 cm³/mol. The van der Waals surface area contributed by atoms with Gasteiger partial charge in [-0.05, 0) is 38.0 Å². The lowest BCUT2D eigenvalue weighted by molar-refractivity contribution is -0.121. The molecule has 1 rings (SSSR count). The molecular formula is C19H22O4. The molecule has 0 N–H and O–H groups in total. The van der Waals surface area contributed by atoms with Gasteiger partial charge in [-0.2, -0.15) is 0 Å². The van der Waals surface area contributed by atoms with Crippen LogP contribution in [-0.2, 0) is 19.1 Å². The summed E-state index contributed by atoms with van der Waals surface area (Å²) in [5, 5.41) is 0. The van der Waals surface area contributed by atoms with Crippen molar-refractivity contribution in [1.29, 1.82) is 0 Å². The summed E-state index contributed by atoms with van der Waals surface area (Å²) in [6.07, 6.45) is 3.68. The minimum absolute atomic E-state index is 0.0189. The Bertz CT molecular complexity index is 657. The van der Waals surface area contributed by atoms with Crippen molar-refractivity contribution in [3.05, 3.63) is 22.7 Å². The molecule has 0 aromatic heterocycles. The topological polar surface area (TPSA) is 52.6 Å². The number of rotatable bonds is 6. The zero-order valence-corrected chi connectivity index (χ0v) is 14.2. The molecule has 122 valence electrons. The van der Waals surface area contributed by atoms with E-state index in [0.717, 1.165) is 12.8 Å². The van der Waals surface area contributed by atoms with Crippen molar-refractivity contribution in [2.45, 2.75) is 46.0 Å². The molecule has 0 bridgehead atoms. The van der Waals surface area contributed by atoms with Crippen molar-refractivity contribution in [3.63, 3.8) is 0 Å². The SMILES string of the molecule is CCCC#CC#CCCCC1=C(C)C(=O)C(OC)=C(OC)C1=O. The van der Waals surface area contributed by atoms with Gasteiger partial charge in [0.25, 0.3) is 0 Å². The van der Waals surface area contributed by atoms with Gasteiger partial charge in [-0.3, -0.25) is 9.59 Å². The van der Waals surface area contributed by atoms with E-state index < -0.39 is 0 Å². The number of carbonyl (C=O) groups is 2. The Morgan fingerprint density at radius 1 is 0.913 bits per heavy atom. The van der Waals surface area contributed by atoms with Crippen molar-refractivity contribution in [2.24, 2.45) is 0 Å². The third-order valence-corrected chi connectivity index (χ3v) is 3.44. The monoisotopic (exact) mass is 314 g/mol. The van der Waals surface area contributed by atoms with Gasteiger partial charge in [-0.1, -0.05) is 18.8 Å². The quantitative estimate of drug-likeness (QED) is 0.430. The van der Waals surface area contributed by atoms with Crippen LogP contribution in [0, 0.1) is 23.7 Å². The first-order valence-corrected chi connectivity index (χ1v) is 7.65. The summed E-state index contributed by atoms with van der Waals surface area (Å²) >= 11 is 0. The first kappa shape index (κ1) is 18.6. The zero-order chi connectivity index (χ0) is 17.2. The van der Waals surface area contributed by atoms with Crippen LogP contribution in [-0.4, -0.2) is 25.8 Å². The van der Waals surface area contributed by atoms with Gasteiger partial charge in [0.15, 0.2) is 0 Å². The average molecular weight is 314 g/mol. The number of hydrogen-bond donors (Lipinski definition) is 0. The van der Waals surface area contributed by atoms with Crippen LogP contribution in [0.3, 0.4) is 0 Å². The Kier molecular flexibility index (Phi) is 7.71. The summed E-state index contributed by atoms with van der Waals surface area (Å²) in [7, 11) is 2.71. The number of carbonyl (C=O) groups excluding carboxylic acids is 2. The molecule has 1 aliphatic carbocycles. The summed E-state index contributed by atoms with van der Waals surface area (Å²) in [5.41, 5.74) is 0.898. The van der Waals surface area contributed by atoms with E-state index in [1.807, 2.05) is 0 Å². The summed E-state index contributed by atoms with van der Waals surface area (Å²) in [6.45, 7) is 3.71. The largest absolute Gasteiger partial charge is 0.489 e. The van der Waals surface area contributed by atoms with Crippen molar-refractivity contribution in [1.82, 2.24) is 0 Å². The maximum Gasteiger partial charge on any atom is 0.228 e. The van der Waals surface area contributed by atoms with Crippen molar-refractivity contribution in [3.8, 4) is 23.7 Å². The fourth-order valence-electron chi connectivity index (χ4n) is 2.18. The van der Waals surface area contributed by atoms with Gasteiger partial charge < -0.3 is 9.47 Å². The highest BCUT2D eigenvalue weighted by Gasteiger charge is 2.34. The van der Waals surface area contributed by atoms with Crippen LogP contribution in [0.2, 0.25) is 0 Å². The van der Waals surface area contributed by atoms with E-state index in [0.29, 0.717) is 30.4 Å². The summed E-state index contributed by atoms with van der Waals surface area (Å²) < 4.78 is 10.0. The van der Waals surface area contributed by atoms with Gasteiger partial charge in [-0.25, -0.2) is 0 Å².